The van der Waals surface area contributed by atoms with Gasteiger partial charge in [0, 0.05) is 37.3 Å². The third-order valence-corrected chi connectivity index (χ3v) is 3.77. The SMILES string of the molecule is COCCCC(OC)c1cccc(-c2cscn2)c1F. The molecule has 20 heavy (non-hydrogen) atoms. The average molecular weight is 295 g/mol. The lowest BCUT2D eigenvalue weighted by Gasteiger charge is -2.17. The van der Waals surface area contributed by atoms with Gasteiger partial charge in [0.15, 0.2) is 0 Å². The molecule has 0 fully saturated rings. The fraction of sp³-hybridized carbons (Fsp3) is 0.400. The Balaban J connectivity index is 2.25. The van der Waals surface area contributed by atoms with E-state index in [0.717, 1.165) is 12.8 Å². The van der Waals surface area contributed by atoms with E-state index in [1.165, 1.54) is 11.3 Å². The minimum Gasteiger partial charge on any atom is -0.385 e. The average Bonchev–Trinajstić information content (AvgIpc) is 2.98. The summed E-state index contributed by atoms with van der Waals surface area (Å²) in [6, 6.07) is 5.36. The van der Waals surface area contributed by atoms with Crippen LogP contribution in [0.2, 0.25) is 0 Å². The summed E-state index contributed by atoms with van der Waals surface area (Å²) in [5.41, 5.74) is 3.47. The quantitative estimate of drug-likeness (QED) is 0.722. The first kappa shape index (κ1) is 15.1. The standard InChI is InChI=1S/C15H18FNO2S/c1-18-8-4-7-14(19-2)12-6-3-5-11(15(12)16)13-9-20-10-17-13/h3,5-6,9-10,14H,4,7-8H2,1-2H3. The second kappa shape index (κ2) is 7.47. The number of benzene rings is 1. The molecule has 1 heterocycles. The van der Waals surface area contributed by atoms with Gasteiger partial charge in [-0.25, -0.2) is 9.37 Å². The highest BCUT2D eigenvalue weighted by molar-refractivity contribution is 7.07. The Kier molecular flexibility index (Phi) is 5.64. The molecular weight excluding hydrogens is 277 g/mol. The monoisotopic (exact) mass is 295 g/mol. The van der Waals surface area contributed by atoms with Crippen LogP contribution >= 0.6 is 11.3 Å². The van der Waals surface area contributed by atoms with E-state index < -0.39 is 0 Å². The second-order valence-electron chi connectivity index (χ2n) is 4.44. The van der Waals surface area contributed by atoms with Gasteiger partial charge in [-0.1, -0.05) is 12.1 Å². The lowest BCUT2D eigenvalue weighted by molar-refractivity contribution is 0.0808. The summed E-state index contributed by atoms with van der Waals surface area (Å²) in [4.78, 5) is 4.17. The van der Waals surface area contributed by atoms with E-state index in [-0.39, 0.29) is 11.9 Å². The number of aromatic nitrogens is 1. The third kappa shape index (κ3) is 3.42. The Bertz CT molecular complexity index is 531. The molecule has 0 amide bonds. The molecular formula is C15H18FNO2S. The summed E-state index contributed by atoms with van der Waals surface area (Å²) in [7, 11) is 3.26. The predicted octanol–water partition coefficient (Wildman–Crippen LogP) is 4.06. The van der Waals surface area contributed by atoms with Crippen molar-refractivity contribution in [3.05, 3.63) is 40.5 Å². The molecule has 2 aromatic rings. The minimum absolute atomic E-state index is 0.248. The lowest BCUT2D eigenvalue weighted by Crippen LogP contribution is -2.06. The molecule has 1 aromatic heterocycles. The first-order chi connectivity index (χ1) is 9.77. The molecule has 0 aliphatic carbocycles. The van der Waals surface area contributed by atoms with Gasteiger partial charge in [-0.2, -0.15) is 0 Å². The van der Waals surface area contributed by atoms with Crippen LogP contribution in [0.1, 0.15) is 24.5 Å². The Morgan fingerprint density at radius 3 is 2.85 bits per heavy atom. The van der Waals surface area contributed by atoms with Crippen molar-refractivity contribution in [2.24, 2.45) is 0 Å². The van der Waals surface area contributed by atoms with Crippen molar-refractivity contribution >= 4 is 11.3 Å². The van der Waals surface area contributed by atoms with E-state index in [1.807, 2.05) is 11.4 Å². The number of hydrogen-bond donors (Lipinski definition) is 0. The highest BCUT2D eigenvalue weighted by atomic mass is 32.1. The van der Waals surface area contributed by atoms with Crippen molar-refractivity contribution in [3.8, 4) is 11.3 Å². The maximum absolute atomic E-state index is 14.6. The highest BCUT2D eigenvalue weighted by Gasteiger charge is 2.18. The van der Waals surface area contributed by atoms with Gasteiger partial charge in [0.25, 0.3) is 0 Å². The van der Waals surface area contributed by atoms with E-state index in [2.05, 4.69) is 4.98 Å². The van der Waals surface area contributed by atoms with Crippen LogP contribution in [0.25, 0.3) is 11.3 Å². The number of nitrogens with zero attached hydrogens (tertiary/aromatic N) is 1. The van der Waals surface area contributed by atoms with Crippen molar-refractivity contribution in [1.29, 1.82) is 0 Å². The summed E-state index contributed by atoms with van der Waals surface area (Å²) in [5, 5.41) is 1.84. The largest absolute Gasteiger partial charge is 0.385 e. The third-order valence-electron chi connectivity index (χ3n) is 3.18. The van der Waals surface area contributed by atoms with E-state index in [9.17, 15) is 4.39 Å². The lowest BCUT2D eigenvalue weighted by atomic mass is 10.0. The van der Waals surface area contributed by atoms with Crippen molar-refractivity contribution in [2.75, 3.05) is 20.8 Å². The van der Waals surface area contributed by atoms with Crippen LogP contribution in [0, 0.1) is 5.82 Å². The fourth-order valence-electron chi connectivity index (χ4n) is 2.16. The Morgan fingerprint density at radius 2 is 2.20 bits per heavy atom. The van der Waals surface area contributed by atoms with Crippen molar-refractivity contribution in [2.45, 2.75) is 18.9 Å². The number of halogens is 1. The molecule has 0 bridgehead atoms. The van der Waals surface area contributed by atoms with E-state index in [1.54, 1.807) is 31.9 Å². The number of ether oxygens (including phenoxy) is 2. The van der Waals surface area contributed by atoms with E-state index in [0.29, 0.717) is 23.4 Å². The van der Waals surface area contributed by atoms with Gasteiger partial charge in [0.2, 0.25) is 0 Å². The molecule has 0 aliphatic rings. The van der Waals surface area contributed by atoms with Crippen LogP contribution in [-0.4, -0.2) is 25.8 Å². The summed E-state index contributed by atoms with van der Waals surface area (Å²) in [6.07, 6.45) is 1.29. The van der Waals surface area contributed by atoms with Crippen molar-refractivity contribution in [3.63, 3.8) is 0 Å². The number of methoxy groups -OCH3 is 2. The van der Waals surface area contributed by atoms with Crippen LogP contribution < -0.4 is 0 Å². The zero-order valence-electron chi connectivity index (χ0n) is 11.6. The van der Waals surface area contributed by atoms with Crippen LogP contribution in [-0.2, 0) is 9.47 Å². The fourth-order valence-corrected chi connectivity index (χ4v) is 2.71. The van der Waals surface area contributed by atoms with Crippen LogP contribution in [0.3, 0.4) is 0 Å². The van der Waals surface area contributed by atoms with Crippen LogP contribution in [0.5, 0.6) is 0 Å². The highest BCUT2D eigenvalue weighted by Crippen LogP contribution is 2.31. The molecule has 0 radical (unpaired) electrons. The molecule has 1 atom stereocenters. The smallest absolute Gasteiger partial charge is 0.138 e. The summed E-state index contributed by atoms with van der Waals surface area (Å²) >= 11 is 1.45. The van der Waals surface area contributed by atoms with Crippen molar-refractivity contribution in [1.82, 2.24) is 4.98 Å². The van der Waals surface area contributed by atoms with Gasteiger partial charge in [0.1, 0.15) is 5.82 Å². The first-order valence-corrected chi connectivity index (χ1v) is 7.41. The predicted molar refractivity (Wildman–Crippen MR) is 78.4 cm³/mol. The Hall–Kier alpha value is -1.30. The molecule has 5 heteroatoms. The molecule has 2 rings (SSSR count). The van der Waals surface area contributed by atoms with Gasteiger partial charge >= 0.3 is 0 Å². The maximum atomic E-state index is 14.6. The van der Waals surface area contributed by atoms with Crippen molar-refractivity contribution < 1.29 is 13.9 Å². The molecule has 1 unspecified atom stereocenters. The molecule has 108 valence electrons. The molecule has 0 aliphatic heterocycles. The van der Waals surface area contributed by atoms with Crippen LogP contribution in [0.4, 0.5) is 4.39 Å². The van der Waals surface area contributed by atoms with E-state index >= 15 is 0 Å². The topological polar surface area (TPSA) is 31.4 Å². The van der Waals surface area contributed by atoms with E-state index in [4.69, 9.17) is 9.47 Å². The van der Waals surface area contributed by atoms with Gasteiger partial charge in [-0.3, -0.25) is 0 Å². The number of hydrogen-bond acceptors (Lipinski definition) is 4. The molecule has 0 spiro atoms. The number of rotatable bonds is 7. The molecule has 0 N–H and O–H groups in total. The minimum atomic E-state index is -0.260. The first-order valence-electron chi connectivity index (χ1n) is 6.46. The zero-order valence-corrected chi connectivity index (χ0v) is 12.5. The molecule has 0 saturated carbocycles. The van der Waals surface area contributed by atoms with Gasteiger partial charge < -0.3 is 9.47 Å². The summed E-state index contributed by atoms with van der Waals surface area (Å²) in [5.74, 6) is -0.248. The number of thiazole rings is 1. The Labute approximate surface area is 122 Å². The molecule has 1 aromatic carbocycles. The maximum Gasteiger partial charge on any atom is 0.138 e. The molecule has 0 saturated heterocycles. The van der Waals surface area contributed by atoms with Gasteiger partial charge in [0.05, 0.1) is 17.3 Å². The van der Waals surface area contributed by atoms with Crippen LogP contribution in [0.15, 0.2) is 29.1 Å². The zero-order chi connectivity index (χ0) is 14.4. The normalized spacial score (nSPS) is 12.6. The summed E-state index contributed by atoms with van der Waals surface area (Å²) in [6.45, 7) is 0.646. The summed E-state index contributed by atoms with van der Waals surface area (Å²) < 4.78 is 25.1. The second-order valence-corrected chi connectivity index (χ2v) is 5.16. The Morgan fingerprint density at radius 1 is 1.35 bits per heavy atom. The van der Waals surface area contributed by atoms with Gasteiger partial charge in [-0.05, 0) is 18.9 Å². The molecule has 3 nitrogen and oxygen atoms in total. The van der Waals surface area contributed by atoms with Gasteiger partial charge in [-0.15, -0.1) is 11.3 Å².